The van der Waals surface area contributed by atoms with Gasteiger partial charge in [-0.1, -0.05) is 12.5 Å². The summed E-state index contributed by atoms with van der Waals surface area (Å²) in [5, 5.41) is 8.52. The van der Waals surface area contributed by atoms with Crippen LogP contribution in [0.5, 0.6) is 0 Å². The summed E-state index contributed by atoms with van der Waals surface area (Å²) in [6.45, 7) is 8.37. The molecule has 4 atom stereocenters. The average molecular weight is 586 g/mol. The minimum absolute atomic E-state index is 0.0675. The fourth-order valence-corrected chi connectivity index (χ4v) is 13.2. The molecule has 0 spiro atoms. The van der Waals surface area contributed by atoms with Crippen LogP contribution in [0.25, 0.3) is 0 Å². The Kier molecular flexibility index (Phi) is 8.71. The van der Waals surface area contributed by atoms with Crippen molar-refractivity contribution in [3.05, 3.63) is 24.5 Å². The van der Waals surface area contributed by atoms with Crippen molar-refractivity contribution < 1.29 is 17.9 Å². The van der Waals surface area contributed by atoms with Crippen LogP contribution in [-0.4, -0.2) is 145 Å². The Labute approximate surface area is 236 Å². The molecule has 12 heteroatoms. The van der Waals surface area contributed by atoms with Gasteiger partial charge in [-0.05, 0) is 30.7 Å². The molecule has 6 aliphatic rings. The lowest BCUT2D eigenvalue weighted by molar-refractivity contribution is -0.287. The molecule has 1 N–H and O–H groups in total. The van der Waals surface area contributed by atoms with Crippen LogP contribution in [-0.2, 0) is 19.3 Å². The van der Waals surface area contributed by atoms with Gasteiger partial charge in [0.05, 0.1) is 25.2 Å². The quantitative estimate of drug-likeness (QED) is 0.504. The van der Waals surface area contributed by atoms with E-state index in [9.17, 15) is 0 Å². The number of rotatable bonds is 5. The molecule has 0 saturated carbocycles. The van der Waals surface area contributed by atoms with E-state index in [2.05, 4.69) is 25.1 Å². The molecule has 0 aromatic carbocycles. The van der Waals surface area contributed by atoms with Crippen LogP contribution < -0.4 is 5.32 Å². The van der Waals surface area contributed by atoms with Crippen molar-refractivity contribution in [1.82, 2.24) is 25.1 Å². The van der Waals surface area contributed by atoms with Gasteiger partial charge >= 0.3 is 0 Å². The van der Waals surface area contributed by atoms with E-state index in [1.165, 1.54) is 0 Å². The molecule has 0 amide bonds. The SMILES string of the molecule is O=S1(=O)CCN(N2CCSCC2)C(N2CCNCC2)(N2CCOCC2)C1(C1C=CC=CO1)C1CCCCS1. The average Bonchev–Trinajstić information content (AvgIpc) is 2.99. The van der Waals surface area contributed by atoms with Crippen molar-refractivity contribution in [3.63, 3.8) is 0 Å². The third-order valence-electron chi connectivity index (χ3n) is 9.09. The van der Waals surface area contributed by atoms with Crippen molar-refractivity contribution in [2.24, 2.45) is 0 Å². The number of allylic oxidation sites excluding steroid dienone is 2. The molecule has 6 heterocycles. The lowest BCUT2D eigenvalue weighted by Crippen LogP contribution is -2.92. The van der Waals surface area contributed by atoms with Crippen molar-refractivity contribution in [1.29, 1.82) is 0 Å². The Balaban J connectivity index is 1.64. The zero-order valence-electron chi connectivity index (χ0n) is 22.3. The Morgan fingerprint density at radius 1 is 0.895 bits per heavy atom. The maximum Gasteiger partial charge on any atom is 0.171 e. The number of hydrogen-bond donors (Lipinski definition) is 1. The molecule has 0 aromatic rings. The van der Waals surface area contributed by atoms with E-state index in [4.69, 9.17) is 9.47 Å². The van der Waals surface area contributed by atoms with Gasteiger partial charge in [0.2, 0.25) is 0 Å². The number of nitrogens with one attached hydrogen (secondary N) is 1. The maximum absolute atomic E-state index is 15.1. The third-order valence-corrected chi connectivity index (χ3v) is 14.3. The topological polar surface area (TPSA) is 77.6 Å². The summed E-state index contributed by atoms with van der Waals surface area (Å²) < 4.78 is 41.5. The predicted molar refractivity (Wildman–Crippen MR) is 155 cm³/mol. The molecule has 4 unspecified atom stereocenters. The number of thioether (sulfide) groups is 2. The molecular weight excluding hydrogens is 543 g/mol. The first-order valence-corrected chi connectivity index (χ1v) is 18.2. The van der Waals surface area contributed by atoms with Crippen molar-refractivity contribution >= 4 is 33.4 Å². The largest absolute Gasteiger partial charge is 0.492 e. The zero-order chi connectivity index (χ0) is 26.1. The fourth-order valence-electron chi connectivity index (χ4n) is 7.62. The van der Waals surface area contributed by atoms with Gasteiger partial charge in [-0.2, -0.15) is 23.5 Å². The predicted octanol–water partition coefficient (Wildman–Crippen LogP) is 1.07. The van der Waals surface area contributed by atoms with Gasteiger partial charge in [0.15, 0.2) is 20.4 Å². The minimum Gasteiger partial charge on any atom is -0.492 e. The highest BCUT2D eigenvalue weighted by atomic mass is 32.2. The minimum atomic E-state index is -3.61. The normalized spacial score (nSPS) is 40.1. The Bertz CT molecular complexity index is 955. The molecule has 9 nitrogen and oxygen atoms in total. The Morgan fingerprint density at radius 2 is 1.66 bits per heavy atom. The van der Waals surface area contributed by atoms with Crippen molar-refractivity contribution in [3.8, 4) is 0 Å². The summed E-state index contributed by atoms with van der Waals surface area (Å²) >= 11 is 3.87. The number of ether oxygens (including phenoxy) is 2. The van der Waals surface area contributed by atoms with Gasteiger partial charge < -0.3 is 14.8 Å². The van der Waals surface area contributed by atoms with Crippen LogP contribution in [0, 0.1) is 0 Å². The molecule has 214 valence electrons. The number of sulfone groups is 1. The van der Waals surface area contributed by atoms with E-state index in [1.807, 2.05) is 41.8 Å². The molecule has 38 heavy (non-hydrogen) atoms. The van der Waals surface area contributed by atoms with Gasteiger partial charge in [-0.25, -0.2) is 18.4 Å². The fraction of sp³-hybridized carbons (Fsp3) is 0.846. The van der Waals surface area contributed by atoms with Gasteiger partial charge in [0, 0.05) is 75.7 Å². The van der Waals surface area contributed by atoms with E-state index in [-0.39, 0.29) is 11.0 Å². The summed E-state index contributed by atoms with van der Waals surface area (Å²) in [4.78, 5) is 5.04. The van der Waals surface area contributed by atoms with E-state index in [0.29, 0.717) is 32.8 Å². The third kappa shape index (κ3) is 4.50. The molecular formula is C26H43N5O4S3. The molecule has 6 aliphatic heterocycles. The maximum atomic E-state index is 15.1. The van der Waals surface area contributed by atoms with Crippen LogP contribution in [0.2, 0.25) is 0 Å². The van der Waals surface area contributed by atoms with Gasteiger partial charge in [-0.3, -0.25) is 9.80 Å². The highest BCUT2D eigenvalue weighted by Gasteiger charge is 2.76. The Morgan fingerprint density at radius 3 is 2.34 bits per heavy atom. The summed E-state index contributed by atoms with van der Waals surface area (Å²) in [5.74, 6) is 2.42. The number of hydrogen-bond acceptors (Lipinski definition) is 11. The van der Waals surface area contributed by atoms with Gasteiger partial charge in [0.1, 0.15) is 6.10 Å². The second-order valence-electron chi connectivity index (χ2n) is 10.9. The molecule has 5 fully saturated rings. The first-order chi connectivity index (χ1) is 18.6. The zero-order valence-corrected chi connectivity index (χ0v) is 24.8. The lowest BCUT2D eigenvalue weighted by Gasteiger charge is -2.70. The number of morpholine rings is 1. The van der Waals surface area contributed by atoms with Crippen LogP contribution in [0.3, 0.4) is 0 Å². The van der Waals surface area contributed by atoms with E-state index in [1.54, 1.807) is 6.26 Å². The summed E-state index contributed by atoms with van der Waals surface area (Å²) in [5.41, 5.74) is 0. The number of hydrazine groups is 1. The van der Waals surface area contributed by atoms with Crippen LogP contribution >= 0.6 is 23.5 Å². The summed E-state index contributed by atoms with van der Waals surface area (Å²) in [7, 11) is -3.61. The molecule has 0 aliphatic carbocycles. The van der Waals surface area contributed by atoms with Crippen LogP contribution in [0.1, 0.15) is 19.3 Å². The highest BCUT2D eigenvalue weighted by molar-refractivity contribution is 8.01. The smallest absolute Gasteiger partial charge is 0.171 e. The second-order valence-corrected chi connectivity index (χ2v) is 15.7. The lowest BCUT2D eigenvalue weighted by atomic mass is 9.81. The van der Waals surface area contributed by atoms with E-state index in [0.717, 1.165) is 75.8 Å². The van der Waals surface area contributed by atoms with Gasteiger partial charge in [-0.15, -0.1) is 0 Å². The summed E-state index contributed by atoms with van der Waals surface area (Å²) in [6, 6.07) is 0. The van der Waals surface area contributed by atoms with Crippen molar-refractivity contribution in [2.75, 3.05) is 95.1 Å². The van der Waals surface area contributed by atoms with Crippen LogP contribution in [0.4, 0.5) is 0 Å². The molecule has 6 rings (SSSR count). The van der Waals surface area contributed by atoms with Crippen LogP contribution in [0.15, 0.2) is 24.5 Å². The van der Waals surface area contributed by atoms with E-state index >= 15 is 8.42 Å². The highest BCUT2D eigenvalue weighted by Crippen LogP contribution is 2.56. The monoisotopic (exact) mass is 585 g/mol. The first-order valence-electron chi connectivity index (χ1n) is 14.3. The second kappa shape index (κ2) is 11.9. The van der Waals surface area contributed by atoms with Crippen molar-refractivity contribution in [2.45, 2.75) is 41.2 Å². The molecule has 0 aromatic heterocycles. The molecule has 0 bridgehead atoms. The summed E-state index contributed by atoms with van der Waals surface area (Å²) in [6.07, 6.45) is 10.2. The van der Waals surface area contributed by atoms with Gasteiger partial charge in [0.25, 0.3) is 0 Å². The number of nitrogens with zero attached hydrogens (tertiary/aromatic N) is 4. The molecule has 0 radical (unpaired) electrons. The standard InChI is InChI=1S/C26H43N5O4S3/c32-38(33)22-15-31(30-13-20-36-21-14-30)26(28-9-7-27-8-10-28,29-11-17-34-18-12-29)25(38,23-5-1-3-16-35-23)24-6-2-4-19-37-24/h1,3,5,16,23-24,27H,2,4,6-15,17-22H2. The molecule has 5 saturated heterocycles. The van der Waals surface area contributed by atoms with E-state index < -0.39 is 26.5 Å². The first kappa shape index (κ1) is 27.8. The number of piperazine rings is 1. The Hall–Kier alpha value is -0.310.